The second-order valence-corrected chi connectivity index (χ2v) is 10.3. The zero-order valence-corrected chi connectivity index (χ0v) is 20.3. The first-order valence-corrected chi connectivity index (χ1v) is 12.3. The highest BCUT2D eigenvalue weighted by molar-refractivity contribution is 7.87. The number of likely N-dealkylation sites (N-methyl/N-ethyl adjacent to an activating group) is 1. The maximum atomic E-state index is 13.4. The average Bonchev–Trinajstić information content (AvgIpc) is 2.76. The number of hydrogen-bond acceptors (Lipinski definition) is 5. The first kappa shape index (κ1) is 25.4. The molecular weight excluding hydrogens is 471 g/mol. The molecule has 180 valence electrons. The molecule has 2 aromatic carbocycles. The molecule has 11 heteroatoms. The van der Waals surface area contributed by atoms with E-state index >= 15 is 0 Å². The molecule has 3 rings (SSSR count). The predicted molar refractivity (Wildman–Crippen MR) is 126 cm³/mol. The van der Waals surface area contributed by atoms with Crippen LogP contribution in [0.15, 0.2) is 42.5 Å². The van der Waals surface area contributed by atoms with Gasteiger partial charge in [0.05, 0.1) is 11.6 Å². The Balaban J connectivity index is 1.69. The second kappa shape index (κ2) is 10.8. The van der Waals surface area contributed by atoms with E-state index in [9.17, 15) is 17.6 Å². The summed E-state index contributed by atoms with van der Waals surface area (Å²) in [7, 11) is 1.44. The maximum Gasteiger partial charge on any atom is 0.280 e. The van der Waals surface area contributed by atoms with E-state index in [1.807, 2.05) is 14.1 Å². The van der Waals surface area contributed by atoms with Gasteiger partial charge in [-0.05, 0) is 62.8 Å². The summed E-state index contributed by atoms with van der Waals surface area (Å²) in [4.78, 5) is 15.0. The minimum Gasteiger partial charge on any atom is -0.494 e. The van der Waals surface area contributed by atoms with Gasteiger partial charge in [0.2, 0.25) is 5.91 Å². The molecule has 1 aliphatic heterocycles. The fourth-order valence-corrected chi connectivity index (χ4v) is 4.95. The van der Waals surface area contributed by atoms with Crippen molar-refractivity contribution < 1.29 is 22.3 Å². The van der Waals surface area contributed by atoms with Gasteiger partial charge in [0.1, 0.15) is 17.6 Å². The lowest BCUT2D eigenvalue weighted by Crippen LogP contribution is -2.55. The van der Waals surface area contributed by atoms with E-state index in [2.05, 4.69) is 14.9 Å². The van der Waals surface area contributed by atoms with Crippen LogP contribution in [-0.2, 0) is 15.0 Å². The van der Waals surface area contributed by atoms with Crippen LogP contribution in [-0.4, -0.2) is 63.9 Å². The van der Waals surface area contributed by atoms with Crippen LogP contribution < -0.4 is 14.8 Å². The highest BCUT2D eigenvalue weighted by Crippen LogP contribution is 2.30. The molecule has 0 spiro atoms. The van der Waals surface area contributed by atoms with E-state index < -0.39 is 34.0 Å². The number of nitrogens with one attached hydrogen (secondary N) is 2. The van der Waals surface area contributed by atoms with Gasteiger partial charge in [0.25, 0.3) is 10.2 Å². The molecule has 1 amide bonds. The molecule has 1 fully saturated rings. The first-order valence-electron chi connectivity index (χ1n) is 10.5. The Kier molecular flexibility index (Phi) is 8.30. The highest BCUT2D eigenvalue weighted by Gasteiger charge is 2.40. The molecular formula is C22H28ClFN4O4S. The SMILES string of the molecule is CN(C)CCCOc1ccc(C2CC(C(=O)Nc3ccc(F)c(Cl)c3)N(C)S(=O)(=O)N2)cc1. The Morgan fingerprint density at radius 1 is 1.27 bits per heavy atom. The van der Waals surface area contributed by atoms with E-state index in [-0.39, 0.29) is 17.1 Å². The third-order valence-electron chi connectivity index (χ3n) is 5.36. The van der Waals surface area contributed by atoms with Crippen molar-refractivity contribution in [2.75, 3.05) is 39.6 Å². The van der Waals surface area contributed by atoms with Gasteiger partial charge in [-0.25, -0.2) is 4.39 Å². The van der Waals surface area contributed by atoms with Crippen LogP contribution in [0.1, 0.15) is 24.4 Å². The van der Waals surface area contributed by atoms with Crippen molar-refractivity contribution in [3.05, 3.63) is 58.9 Å². The topological polar surface area (TPSA) is 91.0 Å². The zero-order valence-electron chi connectivity index (χ0n) is 18.7. The summed E-state index contributed by atoms with van der Waals surface area (Å²) in [6.45, 7) is 1.50. The number of nitrogens with zero attached hydrogens (tertiary/aromatic N) is 2. The van der Waals surface area contributed by atoms with Gasteiger partial charge in [0, 0.05) is 25.3 Å². The van der Waals surface area contributed by atoms with E-state index in [0.29, 0.717) is 12.4 Å². The van der Waals surface area contributed by atoms with Gasteiger partial charge >= 0.3 is 0 Å². The van der Waals surface area contributed by atoms with Crippen molar-refractivity contribution in [1.82, 2.24) is 13.9 Å². The third kappa shape index (κ3) is 6.64. The number of carbonyl (C=O) groups is 1. The maximum absolute atomic E-state index is 13.4. The molecule has 2 atom stereocenters. The van der Waals surface area contributed by atoms with Gasteiger partial charge in [-0.3, -0.25) is 4.79 Å². The summed E-state index contributed by atoms with van der Waals surface area (Å²) < 4.78 is 48.0. The summed E-state index contributed by atoms with van der Waals surface area (Å²) in [5, 5.41) is 2.48. The lowest BCUT2D eigenvalue weighted by molar-refractivity contribution is -0.120. The summed E-state index contributed by atoms with van der Waals surface area (Å²) in [5.41, 5.74) is 0.998. The number of amides is 1. The van der Waals surface area contributed by atoms with E-state index in [1.54, 1.807) is 24.3 Å². The van der Waals surface area contributed by atoms with Crippen LogP contribution in [0.2, 0.25) is 5.02 Å². The molecule has 33 heavy (non-hydrogen) atoms. The van der Waals surface area contributed by atoms with E-state index in [0.717, 1.165) is 28.9 Å². The Labute approximate surface area is 198 Å². The quantitative estimate of drug-likeness (QED) is 0.546. The molecule has 1 aliphatic rings. The molecule has 2 aromatic rings. The number of anilines is 1. The fraction of sp³-hybridized carbons (Fsp3) is 0.409. The molecule has 1 saturated heterocycles. The smallest absolute Gasteiger partial charge is 0.280 e. The molecule has 0 saturated carbocycles. The zero-order chi connectivity index (χ0) is 24.2. The van der Waals surface area contributed by atoms with Gasteiger partial charge < -0.3 is 15.0 Å². The number of rotatable bonds is 8. The van der Waals surface area contributed by atoms with E-state index in [1.165, 1.54) is 19.2 Å². The number of benzene rings is 2. The lowest BCUT2D eigenvalue weighted by atomic mass is 9.99. The van der Waals surface area contributed by atoms with Gasteiger partial charge in [-0.15, -0.1) is 0 Å². The van der Waals surface area contributed by atoms with Crippen LogP contribution in [0.3, 0.4) is 0 Å². The first-order chi connectivity index (χ1) is 15.6. The summed E-state index contributed by atoms with van der Waals surface area (Å²) in [5.74, 6) is -0.451. The standard InChI is InChI=1S/C22H28ClFN4O4S/c1-27(2)11-4-12-32-17-8-5-15(6-9-17)20-14-21(28(3)33(30,31)26-20)22(29)25-16-7-10-19(24)18(23)13-16/h5-10,13,20-21,26H,4,11-12,14H2,1-3H3,(H,25,29). The van der Waals surface area contributed by atoms with Crippen molar-refractivity contribution in [2.45, 2.75) is 24.9 Å². The molecule has 2 N–H and O–H groups in total. The normalized spacial score (nSPS) is 20.5. The van der Waals surface area contributed by atoms with Crippen LogP contribution in [0.25, 0.3) is 0 Å². The summed E-state index contributed by atoms with van der Waals surface area (Å²) in [6.07, 6.45) is 1.10. The molecule has 0 radical (unpaired) electrons. The third-order valence-corrected chi connectivity index (χ3v) is 7.24. The van der Waals surface area contributed by atoms with Crippen molar-refractivity contribution in [3.8, 4) is 5.75 Å². The summed E-state index contributed by atoms with van der Waals surface area (Å²) in [6, 6.07) is 9.35. The molecule has 2 unspecified atom stereocenters. The Morgan fingerprint density at radius 2 is 1.97 bits per heavy atom. The molecule has 1 heterocycles. The molecule has 8 nitrogen and oxygen atoms in total. The van der Waals surface area contributed by atoms with E-state index in [4.69, 9.17) is 16.3 Å². The monoisotopic (exact) mass is 498 g/mol. The van der Waals surface area contributed by atoms with Crippen LogP contribution >= 0.6 is 11.6 Å². The van der Waals surface area contributed by atoms with Gasteiger partial charge in [-0.2, -0.15) is 17.4 Å². The lowest BCUT2D eigenvalue weighted by Gasteiger charge is -2.36. The minimum absolute atomic E-state index is 0.138. The van der Waals surface area contributed by atoms with Crippen molar-refractivity contribution >= 4 is 33.4 Å². The number of carbonyl (C=O) groups excluding carboxylic acids is 1. The summed E-state index contributed by atoms with van der Waals surface area (Å²) >= 11 is 5.77. The largest absolute Gasteiger partial charge is 0.494 e. The Bertz CT molecular complexity index is 1080. The van der Waals surface area contributed by atoms with Crippen LogP contribution in [0, 0.1) is 5.82 Å². The highest BCUT2D eigenvalue weighted by atomic mass is 35.5. The number of halogens is 2. The van der Waals surface area contributed by atoms with Crippen molar-refractivity contribution in [1.29, 1.82) is 0 Å². The number of hydrogen-bond donors (Lipinski definition) is 2. The van der Waals surface area contributed by atoms with Gasteiger partial charge in [0.15, 0.2) is 0 Å². The van der Waals surface area contributed by atoms with Crippen molar-refractivity contribution in [3.63, 3.8) is 0 Å². The Hall–Kier alpha value is -2.24. The molecule has 0 aliphatic carbocycles. The molecule has 0 bridgehead atoms. The minimum atomic E-state index is -3.90. The fourth-order valence-electron chi connectivity index (χ4n) is 3.49. The average molecular weight is 499 g/mol. The van der Waals surface area contributed by atoms with Crippen molar-refractivity contribution in [2.24, 2.45) is 0 Å². The Morgan fingerprint density at radius 3 is 2.61 bits per heavy atom. The second-order valence-electron chi connectivity index (χ2n) is 8.14. The van der Waals surface area contributed by atoms with Gasteiger partial charge in [-0.1, -0.05) is 23.7 Å². The van der Waals surface area contributed by atoms with Crippen LogP contribution in [0.4, 0.5) is 10.1 Å². The van der Waals surface area contributed by atoms with Crippen LogP contribution in [0.5, 0.6) is 5.75 Å². The molecule has 0 aromatic heterocycles. The number of ether oxygens (including phenoxy) is 1. The predicted octanol–water partition coefficient (Wildman–Crippen LogP) is 3.03.